The zero-order valence-corrected chi connectivity index (χ0v) is 25.5. The highest BCUT2D eigenvalue weighted by Crippen LogP contribution is 2.33. The lowest BCUT2D eigenvalue weighted by Gasteiger charge is -2.33. The second-order valence-electron chi connectivity index (χ2n) is 11.9. The molecule has 3 aromatic rings. The molecule has 0 spiro atoms. The van der Waals surface area contributed by atoms with Crippen LogP contribution in [0.15, 0.2) is 53.1 Å². The van der Waals surface area contributed by atoms with Gasteiger partial charge >= 0.3 is 0 Å². The van der Waals surface area contributed by atoms with Crippen LogP contribution in [0.25, 0.3) is 11.3 Å². The Labute approximate surface area is 249 Å². The number of ether oxygens (including phenoxy) is 1. The van der Waals surface area contributed by atoms with Crippen LogP contribution in [0.4, 0.5) is 5.69 Å². The molecule has 2 heterocycles. The Balaban J connectivity index is 1.49. The predicted molar refractivity (Wildman–Crippen MR) is 165 cm³/mol. The average Bonchev–Trinajstić information content (AvgIpc) is 3.49. The molecule has 0 atom stereocenters. The molecule has 8 heteroatoms. The van der Waals surface area contributed by atoms with Crippen LogP contribution in [0.1, 0.15) is 74.0 Å². The van der Waals surface area contributed by atoms with Crippen molar-refractivity contribution in [3.05, 3.63) is 65.4 Å². The lowest BCUT2D eigenvalue weighted by molar-refractivity contribution is -0.123. The molecule has 1 aliphatic carbocycles. The van der Waals surface area contributed by atoms with E-state index in [0.717, 1.165) is 67.6 Å². The van der Waals surface area contributed by atoms with Gasteiger partial charge < -0.3 is 19.1 Å². The van der Waals surface area contributed by atoms with Crippen molar-refractivity contribution in [2.75, 3.05) is 38.2 Å². The van der Waals surface area contributed by atoms with Crippen LogP contribution in [0.5, 0.6) is 5.75 Å². The van der Waals surface area contributed by atoms with Crippen molar-refractivity contribution in [2.45, 2.75) is 71.9 Å². The SMILES string of the molecule is COc1cccc(-c2cc(C(=O)N3CCN(C(C)C)CCCN(C(=O)C4CCCCC4)c4c(C)cccc4C3)no2)c1. The second kappa shape index (κ2) is 13.6. The van der Waals surface area contributed by atoms with E-state index in [4.69, 9.17) is 9.26 Å². The van der Waals surface area contributed by atoms with Crippen LogP contribution in [-0.4, -0.2) is 66.1 Å². The van der Waals surface area contributed by atoms with Crippen LogP contribution in [-0.2, 0) is 11.3 Å². The van der Waals surface area contributed by atoms with Crippen molar-refractivity contribution in [3.8, 4) is 17.1 Å². The third kappa shape index (κ3) is 6.70. The molecule has 42 heavy (non-hydrogen) atoms. The Morgan fingerprint density at radius 2 is 1.74 bits per heavy atom. The molecule has 0 bridgehead atoms. The molecular weight excluding hydrogens is 528 g/mol. The third-order valence-electron chi connectivity index (χ3n) is 8.76. The van der Waals surface area contributed by atoms with Gasteiger partial charge in [-0.2, -0.15) is 0 Å². The topological polar surface area (TPSA) is 79.1 Å². The van der Waals surface area contributed by atoms with E-state index in [0.29, 0.717) is 37.2 Å². The summed E-state index contributed by atoms with van der Waals surface area (Å²) in [5.41, 5.74) is 4.07. The molecule has 0 N–H and O–H groups in total. The number of rotatable bonds is 5. The number of methoxy groups -OCH3 is 1. The van der Waals surface area contributed by atoms with Gasteiger partial charge in [-0.3, -0.25) is 14.5 Å². The molecule has 1 fully saturated rings. The summed E-state index contributed by atoms with van der Waals surface area (Å²) in [5.74, 6) is 1.34. The van der Waals surface area contributed by atoms with Crippen molar-refractivity contribution in [2.24, 2.45) is 5.92 Å². The molecule has 0 radical (unpaired) electrons. The molecule has 1 aliphatic heterocycles. The molecule has 8 nitrogen and oxygen atoms in total. The van der Waals surface area contributed by atoms with Crippen LogP contribution in [0.3, 0.4) is 0 Å². The first-order chi connectivity index (χ1) is 20.4. The molecule has 2 aromatic carbocycles. The summed E-state index contributed by atoms with van der Waals surface area (Å²) in [4.78, 5) is 34.4. The number of fused-ring (bicyclic) bond motifs is 1. The van der Waals surface area contributed by atoms with Crippen molar-refractivity contribution < 1.29 is 18.8 Å². The first-order valence-electron chi connectivity index (χ1n) is 15.4. The molecule has 0 saturated heterocycles. The number of nitrogens with zero attached hydrogens (tertiary/aromatic N) is 4. The van der Waals surface area contributed by atoms with Crippen LogP contribution in [0.2, 0.25) is 0 Å². The number of aryl methyl sites for hydroxylation is 1. The quantitative estimate of drug-likeness (QED) is 0.356. The van der Waals surface area contributed by atoms with E-state index in [1.807, 2.05) is 40.1 Å². The highest BCUT2D eigenvalue weighted by molar-refractivity contribution is 5.97. The predicted octanol–water partition coefficient (Wildman–Crippen LogP) is 6.33. The van der Waals surface area contributed by atoms with Crippen LogP contribution in [0, 0.1) is 12.8 Å². The standard InChI is InChI=1S/C34H44N4O4/c1-24(2)36-17-10-18-38(33(39)26-12-6-5-7-13-26)32-25(3)11-8-15-28(32)23-37(20-19-36)34(40)30-22-31(42-35-30)27-14-9-16-29(21-27)41-4/h8-9,11,14-16,21-22,24,26H,5-7,10,12-13,17-20,23H2,1-4H3. The van der Waals surface area contributed by atoms with Gasteiger partial charge in [0.25, 0.3) is 5.91 Å². The van der Waals surface area contributed by atoms with Crippen LogP contribution >= 0.6 is 0 Å². The fourth-order valence-electron chi connectivity index (χ4n) is 6.35. The van der Waals surface area contributed by atoms with Gasteiger partial charge in [0.2, 0.25) is 5.91 Å². The maximum absolute atomic E-state index is 14.1. The minimum Gasteiger partial charge on any atom is -0.497 e. The molecule has 2 amide bonds. The van der Waals surface area contributed by atoms with Gasteiger partial charge in [-0.15, -0.1) is 0 Å². The summed E-state index contributed by atoms with van der Waals surface area (Å²) in [7, 11) is 1.62. The van der Waals surface area contributed by atoms with E-state index in [9.17, 15) is 9.59 Å². The Bertz CT molecular complexity index is 1380. The summed E-state index contributed by atoms with van der Waals surface area (Å²) < 4.78 is 11.0. The first kappa shape index (κ1) is 29.8. The van der Waals surface area contributed by atoms with Crippen molar-refractivity contribution in [3.63, 3.8) is 0 Å². The molecular formula is C34H44N4O4. The molecule has 2 aliphatic rings. The molecule has 0 unspecified atom stereocenters. The molecule has 1 saturated carbocycles. The molecule has 224 valence electrons. The van der Waals surface area contributed by atoms with Gasteiger partial charge in [0.05, 0.1) is 12.8 Å². The summed E-state index contributed by atoms with van der Waals surface area (Å²) in [6.07, 6.45) is 6.24. The van der Waals surface area contributed by atoms with E-state index < -0.39 is 0 Å². The number of carbonyl (C=O) groups excluding carboxylic acids is 2. The zero-order valence-electron chi connectivity index (χ0n) is 25.5. The second-order valence-corrected chi connectivity index (χ2v) is 11.9. The minimum absolute atomic E-state index is 0.0698. The third-order valence-corrected chi connectivity index (χ3v) is 8.76. The number of aromatic nitrogens is 1. The highest BCUT2D eigenvalue weighted by Gasteiger charge is 2.31. The fraction of sp³-hybridized carbons (Fsp3) is 0.500. The van der Waals surface area contributed by atoms with E-state index in [2.05, 4.69) is 43.0 Å². The summed E-state index contributed by atoms with van der Waals surface area (Å²) in [5, 5.41) is 4.18. The van der Waals surface area contributed by atoms with E-state index in [1.54, 1.807) is 13.2 Å². The molecule has 5 rings (SSSR count). The fourth-order valence-corrected chi connectivity index (χ4v) is 6.35. The lowest BCUT2D eigenvalue weighted by atomic mass is 9.87. The van der Waals surface area contributed by atoms with Gasteiger partial charge in [-0.25, -0.2) is 0 Å². The zero-order chi connectivity index (χ0) is 29.6. The Morgan fingerprint density at radius 1 is 0.952 bits per heavy atom. The number of anilines is 1. The number of benzene rings is 2. The van der Waals surface area contributed by atoms with E-state index in [1.165, 1.54) is 6.42 Å². The number of hydrogen-bond donors (Lipinski definition) is 0. The van der Waals surface area contributed by atoms with Gasteiger partial charge in [-0.05, 0) is 63.3 Å². The number of carbonyl (C=O) groups is 2. The number of para-hydroxylation sites is 1. The monoisotopic (exact) mass is 572 g/mol. The smallest absolute Gasteiger partial charge is 0.276 e. The number of hydrogen-bond acceptors (Lipinski definition) is 6. The van der Waals surface area contributed by atoms with Crippen molar-refractivity contribution in [1.29, 1.82) is 0 Å². The Hall–Kier alpha value is -3.65. The van der Waals surface area contributed by atoms with Crippen molar-refractivity contribution in [1.82, 2.24) is 15.0 Å². The Kier molecular flexibility index (Phi) is 9.62. The van der Waals surface area contributed by atoms with E-state index in [-0.39, 0.29) is 23.4 Å². The highest BCUT2D eigenvalue weighted by atomic mass is 16.5. The largest absolute Gasteiger partial charge is 0.497 e. The van der Waals surface area contributed by atoms with Gasteiger partial charge in [0.1, 0.15) is 5.75 Å². The van der Waals surface area contributed by atoms with Crippen molar-refractivity contribution >= 4 is 17.5 Å². The normalized spacial score (nSPS) is 17.5. The summed E-state index contributed by atoms with van der Waals surface area (Å²) in [6.45, 7) is 9.66. The maximum atomic E-state index is 14.1. The summed E-state index contributed by atoms with van der Waals surface area (Å²) in [6, 6.07) is 15.7. The number of amides is 2. The van der Waals surface area contributed by atoms with Crippen LogP contribution < -0.4 is 9.64 Å². The summed E-state index contributed by atoms with van der Waals surface area (Å²) >= 11 is 0. The van der Waals surface area contributed by atoms with Gasteiger partial charge in [-0.1, -0.05) is 54.8 Å². The minimum atomic E-state index is -0.187. The first-order valence-corrected chi connectivity index (χ1v) is 15.4. The Morgan fingerprint density at radius 3 is 2.50 bits per heavy atom. The van der Waals surface area contributed by atoms with E-state index >= 15 is 0 Å². The maximum Gasteiger partial charge on any atom is 0.276 e. The van der Waals surface area contributed by atoms with Gasteiger partial charge in [0, 0.05) is 56.3 Å². The lowest BCUT2D eigenvalue weighted by Crippen LogP contribution is -2.41. The molecule has 1 aromatic heterocycles. The average molecular weight is 573 g/mol. The van der Waals surface area contributed by atoms with Gasteiger partial charge in [0.15, 0.2) is 11.5 Å².